The fourth-order valence-corrected chi connectivity index (χ4v) is 3.14. The topological polar surface area (TPSA) is 35.2 Å². The summed E-state index contributed by atoms with van der Waals surface area (Å²) < 4.78 is 5.78. The van der Waals surface area contributed by atoms with Gasteiger partial charge in [-0.25, -0.2) is 0 Å². The van der Waals surface area contributed by atoms with E-state index in [4.69, 9.17) is 33.7 Å². The van der Waals surface area contributed by atoms with Crippen molar-refractivity contribution in [1.82, 2.24) is 0 Å². The van der Waals surface area contributed by atoms with Crippen LogP contribution < -0.4 is 10.5 Å². The third kappa shape index (κ3) is 2.64. The number of benzene rings is 2. The highest BCUT2D eigenvalue weighted by Crippen LogP contribution is 2.33. The molecule has 1 aliphatic heterocycles. The third-order valence-corrected chi connectivity index (χ3v) is 4.33. The standard InChI is InChI=1S/C16H15Cl2NO/c17-13-5-3-6-14(18)12(13)9-16(19)8-11-4-1-2-7-15(11)20-10-16/h1-7H,8-10,19H2. The molecule has 0 fully saturated rings. The molecule has 2 aromatic rings. The molecule has 20 heavy (non-hydrogen) atoms. The maximum absolute atomic E-state index is 6.50. The van der Waals surface area contributed by atoms with Crippen LogP contribution in [0.15, 0.2) is 42.5 Å². The van der Waals surface area contributed by atoms with Gasteiger partial charge in [-0.05, 0) is 42.2 Å². The van der Waals surface area contributed by atoms with Gasteiger partial charge >= 0.3 is 0 Å². The largest absolute Gasteiger partial charge is 0.491 e. The minimum Gasteiger partial charge on any atom is -0.491 e. The molecule has 0 saturated carbocycles. The zero-order valence-corrected chi connectivity index (χ0v) is 12.4. The zero-order chi connectivity index (χ0) is 14.2. The summed E-state index contributed by atoms with van der Waals surface area (Å²) in [5.41, 5.74) is 8.04. The summed E-state index contributed by atoms with van der Waals surface area (Å²) in [5, 5.41) is 1.31. The summed E-state index contributed by atoms with van der Waals surface area (Å²) in [7, 11) is 0. The van der Waals surface area contributed by atoms with Crippen LogP contribution in [0, 0.1) is 0 Å². The van der Waals surface area contributed by atoms with E-state index < -0.39 is 5.54 Å². The predicted octanol–water partition coefficient (Wildman–Crippen LogP) is 3.87. The summed E-state index contributed by atoms with van der Waals surface area (Å²) in [6.45, 7) is 0.464. The first-order valence-electron chi connectivity index (χ1n) is 6.50. The second-order valence-corrected chi connectivity index (χ2v) is 6.13. The van der Waals surface area contributed by atoms with Gasteiger partial charge < -0.3 is 10.5 Å². The molecule has 0 bridgehead atoms. The van der Waals surface area contributed by atoms with E-state index in [2.05, 4.69) is 0 Å². The smallest absolute Gasteiger partial charge is 0.122 e. The summed E-state index contributed by atoms with van der Waals surface area (Å²) in [4.78, 5) is 0. The van der Waals surface area contributed by atoms with Gasteiger partial charge in [0.2, 0.25) is 0 Å². The Morgan fingerprint density at radius 1 is 1.05 bits per heavy atom. The second-order valence-electron chi connectivity index (χ2n) is 5.31. The van der Waals surface area contributed by atoms with Gasteiger partial charge in [-0.1, -0.05) is 47.5 Å². The maximum Gasteiger partial charge on any atom is 0.122 e. The Morgan fingerprint density at radius 3 is 2.50 bits per heavy atom. The minimum absolute atomic E-state index is 0.464. The SMILES string of the molecule is NC1(Cc2c(Cl)cccc2Cl)COc2ccccc2C1. The van der Waals surface area contributed by atoms with E-state index in [-0.39, 0.29) is 0 Å². The number of para-hydroxylation sites is 1. The van der Waals surface area contributed by atoms with Crippen LogP contribution in [0.5, 0.6) is 5.75 Å². The molecule has 0 saturated heterocycles. The van der Waals surface area contributed by atoms with Crippen molar-refractivity contribution in [2.75, 3.05) is 6.61 Å². The Balaban J connectivity index is 1.88. The predicted molar refractivity (Wildman–Crippen MR) is 82.7 cm³/mol. The first-order chi connectivity index (χ1) is 9.57. The number of halogens is 2. The second kappa shape index (κ2) is 5.28. The van der Waals surface area contributed by atoms with Crippen LogP contribution in [0.1, 0.15) is 11.1 Å². The lowest BCUT2D eigenvalue weighted by Gasteiger charge is -2.35. The Hall–Kier alpha value is -1.22. The Labute approximate surface area is 128 Å². The molecular formula is C16H15Cl2NO. The van der Waals surface area contributed by atoms with Crippen LogP contribution in [0.3, 0.4) is 0 Å². The van der Waals surface area contributed by atoms with Crippen molar-refractivity contribution in [3.05, 3.63) is 63.6 Å². The number of fused-ring (bicyclic) bond motifs is 1. The molecule has 1 aliphatic rings. The van der Waals surface area contributed by atoms with Gasteiger partial charge in [0.05, 0.1) is 5.54 Å². The Kier molecular flexibility index (Phi) is 3.63. The van der Waals surface area contributed by atoms with Crippen LogP contribution in [0.2, 0.25) is 10.0 Å². The van der Waals surface area contributed by atoms with E-state index in [0.717, 1.165) is 23.3 Å². The summed E-state index contributed by atoms with van der Waals surface area (Å²) in [6, 6.07) is 13.5. The molecule has 2 N–H and O–H groups in total. The van der Waals surface area contributed by atoms with Crippen LogP contribution >= 0.6 is 23.2 Å². The average molecular weight is 308 g/mol. The normalized spacial score (nSPS) is 21.1. The van der Waals surface area contributed by atoms with E-state index in [0.29, 0.717) is 23.1 Å². The summed E-state index contributed by atoms with van der Waals surface area (Å²) >= 11 is 12.5. The Bertz CT molecular complexity index is 624. The molecule has 0 spiro atoms. The summed E-state index contributed by atoms with van der Waals surface area (Å²) in [5.74, 6) is 0.916. The van der Waals surface area contributed by atoms with E-state index >= 15 is 0 Å². The highest BCUT2D eigenvalue weighted by molar-refractivity contribution is 6.36. The van der Waals surface area contributed by atoms with E-state index in [9.17, 15) is 0 Å². The number of nitrogens with two attached hydrogens (primary N) is 1. The molecule has 0 amide bonds. The minimum atomic E-state index is -0.483. The van der Waals surface area contributed by atoms with E-state index in [1.807, 2.05) is 42.5 Å². The quantitative estimate of drug-likeness (QED) is 0.914. The van der Waals surface area contributed by atoms with Gasteiger partial charge in [0, 0.05) is 10.0 Å². The monoisotopic (exact) mass is 307 g/mol. The zero-order valence-electron chi connectivity index (χ0n) is 10.9. The third-order valence-electron chi connectivity index (χ3n) is 3.62. The van der Waals surface area contributed by atoms with E-state index in [1.165, 1.54) is 0 Å². The van der Waals surface area contributed by atoms with Crippen LogP contribution in [-0.4, -0.2) is 12.1 Å². The molecule has 0 aromatic heterocycles. The van der Waals surface area contributed by atoms with Crippen molar-refractivity contribution in [1.29, 1.82) is 0 Å². The fourth-order valence-electron chi connectivity index (χ4n) is 2.61. The van der Waals surface area contributed by atoms with Gasteiger partial charge in [-0.2, -0.15) is 0 Å². The lowest BCUT2D eigenvalue weighted by molar-refractivity contribution is 0.190. The van der Waals surface area contributed by atoms with Crippen molar-refractivity contribution in [2.24, 2.45) is 5.73 Å². The molecule has 2 nitrogen and oxygen atoms in total. The van der Waals surface area contributed by atoms with Crippen molar-refractivity contribution in [2.45, 2.75) is 18.4 Å². The highest BCUT2D eigenvalue weighted by atomic mass is 35.5. The van der Waals surface area contributed by atoms with Crippen molar-refractivity contribution >= 4 is 23.2 Å². The van der Waals surface area contributed by atoms with E-state index in [1.54, 1.807) is 0 Å². The first-order valence-corrected chi connectivity index (χ1v) is 7.25. The molecule has 1 heterocycles. The molecule has 1 atom stereocenters. The molecule has 4 heteroatoms. The van der Waals surface area contributed by atoms with Crippen molar-refractivity contribution < 1.29 is 4.74 Å². The number of hydrogen-bond donors (Lipinski definition) is 1. The lowest BCUT2D eigenvalue weighted by Crippen LogP contribution is -2.51. The molecule has 0 aliphatic carbocycles. The Morgan fingerprint density at radius 2 is 1.75 bits per heavy atom. The van der Waals surface area contributed by atoms with Gasteiger partial charge in [-0.15, -0.1) is 0 Å². The lowest BCUT2D eigenvalue weighted by atomic mass is 9.84. The van der Waals surface area contributed by atoms with Gasteiger partial charge in [-0.3, -0.25) is 0 Å². The molecule has 1 unspecified atom stereocenters. The molecule has 0 radical (unpaired) electrons. The first kappa shape index (κ1) is 13.7. The van der Waals surface area contributed by atoms with Gasteiger partial charge in [0.15, 0.2) is 0 Å². The molecule has 2 aromatic carbocycles. The van der Waals surface area contributed by atoms with Gasteiger partial charge in [0.25, 0.3) is 0 Å². The highest BCUT2D eigenvalue weighted by Gasteiger charge is 2.33. The van der Waals surface area contributed by atoms with Crippen LogP contribution in [0.4, 0.5) is 0 Å². The number of ether oxygens (including phenoxy) is 1. The summed E-state index contributed by atoms with van der Waals surface area (Å²) in [6.07, 6.45) is 1.35. The van der Waals surface area contributed by atoms with Crippen molar-refractivity contribution in [3.63, 3.8) is 0 Å². The average Bonchev–Trinajstić information content (AvgIpc) is 2.43. The molecule has 104 valence electrons. The fraction of sp³-hybridized carbons (Fsp3) is 0.250. The van der Waals surface area contributed by atoms with Gasteiger partial charge in [0.1, 0.15) is 12.4 Å². The van der Waals surface area contributed by atoms with Crippen LogP contribution in [0.25, 0.3) is 0 Å². The maximum atomic E-state index is 6.50. The number of rotatable bonds is 2. The van der Waals surface area contributed by atoms with Crippen molar-refractivity contribution in [3.8, 4) is 5.75 Å². The number of hydrogen-bond acceptors (Lipinski definition) is 2. The van der Waals surface area contributed by atoms with Crippen LogP contribution in [-0.2, 0) is 12.8 Å². The molecular weight excluding hydrogens is 293 g/mol. The molecule has 3 rings (SSSR count).